The van der Waals surface area contributed by atoms with E-state index in [1.165, 1.54) is 9.87 Å². The molecule has 3 rings (SSSR count). The summed E-state index contributed by atoms with van der Waals surface area (Å²) in [5.74, 6) is 0. The van der Waals surface area contributed by atoms with E-state index in [4.69, 9.17) is 0 Å². The molecule has 1 saturated heterocycles. The lowest BCUT2D eigenvalue weighted by Crippen LogP contribution is -2.38. The van der Waals surface area contributed by atoms with E-state index in [2.05, 4.69) is 9.82 Å². The molecule has 1 aliphatic carbocycles. The summed E-state index contributed by atoms with van der Waals surface area (Å²) in [6, 6.07) is 0. The van der Waals surface area contributed by atoms with Crippen LogP contribution in [0.5, 0.6) is 0 Å². The molecule has 0 bridgehead atoms. The molecule has 1 N–H and O–H groups in total. The van der Waals surface area contributed by atoms with Crippen molar-refractivity contribution in [2.75, 3.05) is 13.1 Å². The van der Waals surface area contributed by atoms with E-state index in [-0.39, 0.29) is 0 Å². The zero-order valence-corrected chi connectivity index (χ0v) is 12.0. The van der Waals surface area contributed by atoms with Crippen LogP contribution in [0.2, 0.25) is 0 Å². The van der Waals surface area contributed by atoms with Gasteiger partial charge in [-0.15, -0.1) is 0 Å². The van der Waals surface area contributed by atoms with Crippen molar-refractivity contribution in [2.45, 2.75) is 38.6 Å². The minimum absolute atomic E-state index is 0.345. The minimum Gasteiger partial charge on any atom is -0.271 e. The van der Waals surface area contributed by atoms with Crippen molar-refractivity contribution in [1.82, 2.24) is 18.8 Å². The van der Waals surface area contributed by atoms with E-state index in [0.29, 0.717) is 19.6 Å². The molecule has 0 unspecified atom stereocenters. The van der Waals surface area contributed by atoms with Crippen LogP contribution in [0.1, 0.15) is 36.2 Å². The average Bonchev–Trinajstić information content (AvgIpc) is 3.02. The number of nitrogens with zero attached hydrogens (tertiary/aromatic N) is 3. The highest BCUT2D eigenvalue weighted by atomic mass is 32.2. The Hall–Kier alpha value is -0.920. The van der Waals surface area contributed by atoms with E-state index in [9.17, 15) is 8.42 Å². The van der Waals surface area contributed by atoms with Gasteiger partial charge < -0.3 is 0 Å². The van der Waals surface area contributed by atoms with Crippen molar-refractivity contribution >= 4 is 10.2 Å². The molecule has 0 spiro atoms. The van der Waals surface area contributed by atoms with Gasteiger partial charge in [-0.1, -0.05) is 0 Å². The first-order valence-corrected chi connectivity index (χ1v) is 8.30. The first kappa shape index (κ1) is 13.1. The van der Waals surface area contributed by atoms with Crippen LogP contribution in [-0.2, 0) is 36.6 Å². The van der Waals surface area contributed by atoms with Gasteiger partial charge in [0, 0.05) is 20.1 Å². The average molecular weight is 284 g/mol. The number of fused-ring (bicyclic) bond motifs is 1. The Morgan fingerprint density at radius 3 is 2.68 bits per heavy atom. The van der Waals surface area contributed by atoms with E-state index in [1.807, 2.05) is 11.7 Å². The Bertz CT molecular complexity index is 573. The number of nitrogens with one attached hydrogen (secondary N) is 1. The van der Waals surface area contributed by atoms with Crippen LogP contribution in [0.25, 0.3) is 0 Å². The number of hydrogen-bond acceptors (Lipinski definition) is 3. The number of hydrogen-bond donors (Lipinski definition) is 1. The second-order valence-corrected chi connectivity index (χ2v) is 7.04. The summed E-state index contributed by atoms with van der Waals surface area (Å²) in [6.07, 6.45) is 5.08. The largest absolute Gasteiger partial charge is 0.279 e. The van der Waals surface area contributed by atoms with Crippen LogP contribution in [-0.4, -0.2) is 35.6 Å². The fourth-order valence-electron chi connectivity index (χ4n) is 2.99. The molecule has 0 atom stereocenters. The fourth-order valence-corrected chi connectivity index (χ4v) is 4.23. The lowest BCUT2D eigenvalue weighted by Gasteiger charge is -2.16. The molecule has 2 aliphatic rings. The van der Waals surface area contributed by atoms with Crippen molar-refractivity contribution in [3.8, 4) is 0 Å². The van der Waals surface area contributed by atoms with Crippen molar-refractivity contribution in [2.24, 2.45) is 7.05 Å². The van der Waals surface area contributed by atoms with Gasteiger partial charge in [-0.05, 0) is 37.7 Å². The van der Waals surface area contributed by atoms with Crippen molar-refractivity contribution in [3.05, 3.63) is 17.0 Å². The summed E-state index contributed by atoms with van der Waals surface area (Å²) in [5.41, 5.74) is 3.39. The van der Waals surface area contributed by atoms with E-state index < -0.39 is 10.2 Å². The summed E-state index contributed by atoms with van der Waals surface area (Å²) < 4.78 is 30.3. The Morgan fingerprint density at radius 1 is 1.21 bits per heavy atom. The Balaban J connectivity index is 1.72. The maximum atomic E-state index is 12.1. The van der Waals surface area contributed by atoms with Gasteiger partial charge in [0.1, 0.15) is 0 Å². The Morgan fingerprint density at radius 2 is 1.95 bits per heavy atom. The molecule has 6 nitrogen and oxygen atoms in total. The van der Waals surface area contributed by atoms with Crippen LogP contribution < -0.4 is 4.72 Å². The van der Waals surface area contributed by atoms with E-state index in [1.54, 1.807) is 0 Å². The molecular weight excluding hydrogens is 264 g/mol. The van der Waals surface area contributed by atoms with E-state index in [0.717, 1.165) is 43.5 Å². The molecule has 106 valence electrons. The lowest BCUT2D eigenvalue weighted by atomic mass is 10.2. The maximum absolute atomic E-state index is 12.1. The number of aryl methyl sites for hydroxylation is 2. The van der Waals surface area contributed by atoms with Gasteiger partial charge in [0.15, 0.2) is 0 Å². The van der Waals surface area contributed by atoms with Crippen molar-refractivity contribution in [1.29, 1.82) is 0 Å². The molecule has 0 saturated carbocycles. The van der Waals surface area contributed by atoms with Gasteiger partial charge in [0.25, 0.3) is 10.2 Å². The molecule has 2 heterocycles. The third-order valence-electron chi connectivity index (χ3n) is 4.03. The predicted molar refractivity (Wildman–Crippen MR) is 71.8 cm³/mol. The summed E-state index contributed by atoms with van der Waals surface area (Å²) in [5, 5.41) is 4.46. The molecule has 1 aromatic rings. The van der Waals surface area contributed by atoms with Gasteiger partial charge in [0.2, 0.25) is 0 Å². The fraction of sp³-hybridized carbons (Fsp3) is 0.750. The highest BCUT2D eigenvalue weighted by Crippen LogP contribution is 2.24. The third kappa shape index (κ3) is 2.42. The molecular formula is C12H20N4O2S. The van der Waals surface area contributed by atoms with Gasteiger partial charge in [-0.3, -0.25) is 4.68 Å². The second-order valence-electron chi connectivity index (χ2n) is 5.28. The molecule has 1 aromatic heterocycles. The van der Waals surface area contributed by atoms with Crippen molar-refractivity contribution < 1.29 is 8.42 Å². The first-order chi connectivity index (χ1) is 9.08. The van der Waals surface area contributed by atoms with Crippen LogP contribution in [0.3, 0.4) is 0 Å². The van der Waals surface area contributed by atoms with Gasteiger partial charge in [-0.2, -0.15) is 22.5 Å². The first-order valence-electron chi connectivity index (χ1n) is 6.86. The molecule has 7 heteroatoms. The number of aromatic nitrogens is 2. The lowest BCUT2D eigenvalue weighted by molar-refractivity contribution is 0.463. The predicted octanol–water partition coefficient (Wildman–Crippen LogP) is 0.339. The molecule has 0 radical (unpaired) electrons. The summed E-state index contributed by atoms with van der Waals surface area (Å²) in [7, 11) is -1.44. The molecule has 0 amide bonds. The summed E-state index contributed by atoms with van der Waals surface area (Å²) >= 11 is 0. The smallest absolute Gasteiger partial charge is 0.271 e. The van der Waals surface area contributed by atoms with Crippen LogP contribution in [0.4, 0.5) is 0 Å². The van der Waals surface area contributed by atoms with Gasteiger partial charge >= 0.3 is 0 Å². The number of rotatable bonds is 4. The quantitative estimate of drug-likeness (QED) is 0.867. The third-order valence-corrected chi connectivity index (χ3v) is 5.58. The SMILES string of the molecule is Cn1nc2c(c1CNS(=O)(=O)N1CCCC1)CCC2. The monoisotopic (exact) mass is 284 g/mol. The summed E-state index contributed by atoms with van der Waals surface area (Å²) in [6.45, 7) is 1.62. The topological polar surface area (TPSA) is 67.2 Å². The van der Waals surface area contributed by atoms with Gasteiger partial charge in [-0.25, -0.2) is 0 Å². The highest BCUT2D eigenvalue weighted by molar-refractivity contribution is 7.87. The van der Waals surface area contributed by atoms with E-state index >= 15 is 0 Å². The molecule has 1 fully saturated rings. The summed E-state index contributed by atoms with van der Waals surface area (Å²) in [4.78, 5) is 0. The standard InChI is InChI=1S/C12H20N4O2S/c1-15-12(10-5-4-6-11(10)14-15)9-13-19(17,18)16-7-2-3-8-16/h13H,2-9H2,1H3. The normalized spacial score (nSPS) is 20.1. The van der Waals surface area contributed by atoms with Crippen LogP contribution >= 0.6 is 0 Å². The second kappa shape index (κ2) is 4.88. The Kier molecular flexibility index (Phi) is 3.36. The Labute approximate surface area is 114 Å². The molecule has 0 aromatic carbocycles. The van der Waals surface area contributed by atoms with Crippen LogP contribution in [0, 0.1) is 0 Å². The van der Waals surface area contributed by atoms with Crippen LogP contribution in [0.15, 0.2) is 0 Å². The van der Waals surface area contributed by atoms with Crippen molar-refractivity contribution in [3.63, 3.8) is 0 Å². The minimum atomic E-state index is -3.33. The van der Waals surface area contributed by atoms with Gasteiger partial charge in [0.05, 0.1) is 17.9 Å². The zero-order valence-electron chi connectivity index (χ0n) is 11.2. The molecule has 1 aliphatic heterocycles. The maximum Gasteiger partial charge on any atom is 0.279 e. The highest BCUT2D eigenvalue weighted by Gasteiger charge is 2.26. The molecule has 19 heavy (non-hydrogen) atoms. The zero-order chi connectivity index (χ0) is 13.5.